The monoisotopic (exact) mass is 296 g/mol. The van der Waals surface area contributed by atoms with Gasteiger partial charge in [0.2, 0.25) is 0 Å². The van der Waals surface area contributed by atoms with Crippen molar-refractivity contribution in [1.29, 1.82) is 0 Å². The second-order valence-electron chi connectivity index (χ2n) is 4.15. The van der Waals surface area contributed by atoms with E-state index in [2.05, 4.69) is 15.1 Å². The predicted octanol–water partition coefficient (Wildman–Crippen LogP) is 0.944. The van der Waals surface area contributed by atoms with E-state index in [-0.39, 0.29) is 17.9 Å². The summed E-state index contributed by atoms with van der Waals surface area (Å²) in [6.45, 7) is 3.83. The molecule has 2 aromatic heterocycles. The van der Waals surface area contributed by atoms with Gasteiger partial charge in [-0.25, -0.2) is 4.98 Å². The molecule has 0 saturated carbocycles. The van der Waals surface area contributed by atoms with Crippen molar-refractivity contribution in [2.24, 2.45) is 0 Å². The van der Waals surface area contributed by atoms with E-state index in [9.17, 15) is 9.59 Å². The lowest BCUT2D eigenvalue weighted by Crippen LogP contribution is -2.23. The van der Waals surface area contributed by atoms with Gasteiger partial charge in [-0.2, -0.15) is 9.50 Å². The number of thioether (sulfide) groups is 1. The van der Waals surface area contributed by atoms with Crippen molar-refractivity contribution in [2.45, 2.75) is 31.8 Å². The Balaban J connectivity index is 2.33. The molecular formula is C12H16N4O3S. The molecule has 0 amide bonds. The molecule has 20 heavy (non-hydrogen) atoms. The number of rotatable bonds is 5. The Labute approximate surface area is 119 Å². The summed E-state index contributed by atoms with van der Waals surface area (Å²) in [5.74, 6) is 0.0301. The molecule has 2 heterocycles. The average molecular weight is 296 g/mol. The molecule has 0 aliphatic heterocycles. The molecule has 0 radical (unpaired) electrons. The van der Waals surface area contributed by atoms with E-state index < -0.39 is 0 Å². The summed E-state index contributed by atoms with van der Waals surface area (Å²) in [5.41, 5.74) is 0.884. The summed E-state index contributed by atoms with van der Waals surface area (Å²) in [5, 5.41) is 3.49. The minimum Gasteiger partial charge on any atom is -0.466 e. The third-order valence-electron chi connectivity index (χ3n) is 2.85. The standard InChI is InChI=1S/C12H16N4O3S/c1-4-19-9(17)6-5-8-7(2)13-11-14-12(20-3)15-16(11)10(8)18/h4-6H2,1-3H3,(H,13,14,15). The van der Waals surface area contributed by atoms with E-state index in [1.165, 1.54) is 16.3 Å². The van der Waals surface area contributed by atoms with Crippen LogP contribution in [0.5, 0.6) is 0 Å². The molecule has 0 aliphatic rings. The van der Waals surface area contributed by atoms with E-state index in [1.807, 2.05) is 6.26 Å². The van der Waals surface area contributed by atoms with Crippen molar-refractivity contribution >= 4 is 23.5 Å². The predicted molar refractivity (Wildman–Crippen MR) is 75.1 cm³/mol. The molecule has 0 aromatic carbocycles. The van der Waals surface area contributed by atoms with Crippen LogP contribution >= 0.6 is 11.8 Å². The Morgan fingerprint density at radius 3 is 2.85 bits per heavy atom. The number of nitrogens with zero attached hydrogens (tertiary/aromatic N) is 3. The van der Waals surface area contributed by atoms with Crippen LogP contribution in [0.2, 0.25) is 0 Å². The molecule has 8 heteroatoms. The minimum absolute atomic E-state index is 0.168. The zero-order valence-corrected chi connectivity index (χ0v) is 12.4. The minimum atomic E-state index is -0.314. The van der Waals surface area contributed by atoms with Crippen LogP contribution < -0.4 is 5.56 Å². The number of aryl methyl sites for hydroxylation is 1. The van der Waals surface area contributed by atoms with Gasteiger partial charge in [-0.05, 0) is 26.5 Å². The fourth-order valence-electron chi connectivity index (χ4n) is 1.87. The highest BCUT2D eigenvalue weighted by Gasteiger charge is 2.14. The summed E-state index contributed by atoms with van der Waals surface area (Å²) < 4.78 is 6.17. The van der Waals surface area contributed by atoms with Crippen molar-refractivity contribution in [2.75, 3.05) is 12.9 Å². The van der Waals surface area contributed by atoms with Crippen LogP contribution in [0.15, 0.2) is 9.95 Å². The quantitative estimate of drug-likeness (QED) is 0.652. The first-order valence-electron chi connectivity index (χ1n) is 6.24. The van der Waals surface area contributed by atoms with Crippen LogP contribution in [-0.2, 0) is 16.0 Å². The van der Waals surface area contributed by atoms with Crippen LogP contribution in [0.3, 0.4) is 0 Å². The van der Waals surface area contributed by atoms with Gasteiger partial charge in [-0.1, -0.05) is 11.8 Å². The van der Waals surface area contributed by atoms with Gasteiger partial charge in [0.1, 0.15) is 0 Å². The number of fused-ring (bicyclic) bond motifs is 1. The number of H-pyrrole nitrogens is 1. The molecule has 0 spiro atoms. The van der Waals surface area contributed by atoms with Crippen molar-refractivity contribution < 1.29 is 9.53 Å². The number of carbonyl (C=O) groups is 1. The highest BCUT2D eigenvalue weighted by molar-refractivity contribution is 7.98. The van der Waals surface area contributed by atoms with Gasteiger partial charge >= 0.3 is 5.97 Å². The zero-order chi connectivity index (χ0) is 14.7. The van der Waals surface area contributed by atoms with Crippen LogP contribution in [-0.4, -0.2) is 38.4 Å². The normalized spacial score (nSPS) is 10.9. The maximum atomic E-state index is 12.3. The number of ether oxygens (including phenoxy) is 1. The van der Waals surface area contributed by atoms with E-state index in [0.717, 1.165) is 0 Å². The van der Waals surface area contributed by atoms with E-state index >= 15 is 0 Å². The maximum absolute atomic E-state index is 12.3. The van der Waals surface area contributed by atoms with Crippen molar-refractivity contribution in [3.05, 3.63) is 21.6 Å². The Kier molecular flexibility index (Phi) is 4.43. The van der Waals surface area contributed by atoms with Crippen LogP contribution in [0.4, 0.5) is 0 Å². The lowest BCUT2D eigenvalue weighted by molar-refractivity contribution is -0.143. The summed E-state index contributed by atoms with van der Waals surface area (Å²) in [7, 11) is 0. The Hall–Kier alpha value is -1.83. The Bertz CT molecular complexity index is 692. The number of esters is 1. The van der Waals surface area contributed by atoms with E-state index in [1.54, 1.807) is 13.8 Å². The topological polar surface area (TPSA) is 89.3 Å². The molecule has 2 rings (SSSR count). The zero-order valence-electron chi connectivity index (χ0n) is 11.6. The first-order chi connectivity index (χ1) is 9.56. The van der Waals surface area contributed by atoms with Crippen LogP contribution in [0.25, 0.3) is 5.78 Å². The maximum Gasteiger partial charge on any atom is 0.306 e. The number of aromatic nitrogens is 4. The largest absolute Gasteiger partial charge is 0.466 e. The third-order valence-corrected chi connectivity index (χ3v) is 3.42. The SMILES string of the molecule is CCOC(=O)CCc1c(C)nc2nc(SC)[nH]n2c1=O. The molecule has 0 fully saturated rings. The molecule has 7 nitrogen and oxygen atoms in total. The third kappa shape index (κ3) is 2.84. The van der Waals surface area contributed by atoms with Crippen molar-refractivity contribution in [3.63, 3.8) is 0 Å². The second kappa shape index (κ2) is 6.08. The number of carbonyl (C=O) groups excluding carboxylic acids is 1. The van der Waals surface area contributed by atoms with Gasteiger partial charge in [0.25, 0.3) is 11.3 Å². The first kappa shape index (κ1) is 14.6. The van der Waals surface area contributed by atoms with Gasteiger partial charge in [0.05, 0.1) is 12.3 Å². The summed E-state index contributed by atoms with van der Waals surface area (Å²) >= 11 is 1.40. The molecule has 1 N–H and O–H groups in total. The fourth-order valence-corrected chi connectivity index (χ4v) is 2.23. The lowest BCUT2D eigenvalue weighted by Gasteiger charge is -2.04. The first-order valence-corrected chi connectivity index (χ1v) is 7.47. The van der Waals surface area contributed by atoms with Crippen LogP contribution in [0, 0.1) is 6.92 Å². The molecule has 0 unspecified atom stereocenters. The molecule has 0 aliphatic carbocycles. The molecule has 2 aromatic rings. The Morgan fingerprint density at radius 2 is 2.20 bits per heavy atom. The van der Waals surface area contributed by atoms with Crippen molar-refractivity contribution in [1.82, 2.24) is 19.6 Å². The second-order valence-corrected chi connectivity index (χ2v) is 4.95. The number of nitrogens with one attached hydrogen (secondary N) is 1. The molecular weight excluding hydrogens is 280 g/mol. The molecule has 0 bridgehead atoms. The number of aromatic amines is 1. The fraction of sp³-hybridized carbons (Fsp3) is 0.500. The summed E-state index contributed by atoms with van der Waals surface area (Å²) in [6, 6.07) is 0. The number of hydrogen-bond acceptors (Lipinski definition) is 6. The van der Waals surface area contributed by atoms with Gasteiger partial charge in [0, 0.05) is 12.0 Å². The number of hydrogen-bond donors (Lipinski definition) is 1. The van der Waals surface area contributed by atoms with E-state index in [0.29, 0.717) is 35.2 Å². The van der Waals surface area contributed by atoms with Gasteiger partial charge in [-0.15, -0.1) is 0 Å². The van der Waals surface area contributed by atoms with Gasteiger partial charge < -0.3 is 4.74 Å². The van der Waals surface area contributed by atoms with Crippen molar-refractivity contribution in [3.8, 4) is 0 Å². The smallest absolute Gasteiger partial charge is 0.306 e. The summed E-state index contributed by atoms with van der Waals surface area (Å²) in [6.07, 6.45) is 2.34. The highest BCUT2D eigenvalue weighted by Crippen LogP contribution is 2.10. The molecule has 108 valence electrons. The van der Waals surface area contributed by atoms with E-state index in [4.69, 9.17) is 4.74 Å². The van der Waals surface area contributed by atoms with Gasteiger partial charge in [-0.3, -0.25) is 14.7 Å². The molecule has 0 atom stereocenters. The van der Waals surface area contributed by atoms with Gasteiger partial charge in [0.15, 0.2) is 5.16 Å². The summed E-state index contributed by atoms with van der Waals surface area (Å²) in [4.78, 5) is 32.2. The average Bonchev–Trinajstić information content (AvgIpc) is 2.82. The van der Waals surface area contributed by atoms with Crippen LogP contribution in [0.1, 0.15) is 24.6 Å². The molecule has 0 saturated heterocycles. The highest BCUT2D eigenvalue weighted by atomic mass is 32.2. The Morgan fingerprint density at radius 1 is 1.45 bits per heavy atom. The lowest BCUT2D eigenvalue weighted by atomic mass is 10.1.